The van der Waals surface area contributed by atoms with E-state index in [1.807, 2.05) is 0 Å². The summed E-state index contributed by atoms with van der Waals surface area (Å²) in [5, 5.41) is 8.07. The van der Waals surface area contributed by atoms with Crippen LogP contribution in [0.5, 0.6) is 5.75 Å². The number of anilines is 1. The number of oxazole rings is 1. The summed E-state index contributed by atoms with van der Waals surface area (Å²) in [6.45, 7) is 0.444. The van der Waals surface area contributed by atoms with Gasteiger partial charge in [0, 0.05) is 24.7 Å². The Balaban J connectivity index is 1.68. The van der Waals surface area contributed by atoms with Crippen LogP contribution in [-0.2, 0) is 4.79 Å². The number of aromatic nitrogens is 1. The van der Waals surface area contributed by atoms with Gasteiger partial charge in [-0.25, -0.2) is 9.78 Å². The van der Waals surface area contributed by atoms with Crippen LogP contribution in [-0.4, -0.2) is 36.6 Å². The molecule has 1 unspecified atom stereocenters. The van der Waals surface area contributed by atoms with Crippen molar-refractivity contribution in [2.24, 2.45) is 0 Å². The fraction of sp³-hybridized carbons (Fsp3) is 0.267. The molecule has 0 spiro atoms. The van der Waals surface area contributed by atoms with Crippen LogP contribution in [0.25, 0.3) is 11.3 Å². The molecule has 23 heavy (non-hydrogen) atoms. The van der Waals surface area contributed by atoms with Crippen LogP contribution >= 0.6 is 0 Å². The van der Waals surface area contributed by atoms with Gasteiger partial charge in [0.1, 0.15) is 5.75 Å². The highest BCUT2D eigenvalue weighted by atomic mass is 16.5. The zero-order valence-corrected chi connectivity index (χ0v) is 12.5. The molecule has 120 valence electrons. The van der Waals surface area contributed by atoms with E-state index >= 15 is 0 Å². The Morgan fingerprint density at radius 3 is 3.04 bits per heavy atom. The Labute approximate surface area is 132 Å². The molecule has 3 amide bonds. The van der Waals surface area contributed by atoms with E-state index in [0.29, 0.717) is 23.7 Å². The molecular weight excluding hydrogens is 300 g/mol. The van der Waals surface area contributed by atoms with Gasteiger partial charge in [-0.1, -0.05) is 0 Å². The molecule has 1 aromatic heterocycles. The zero-order valence-electron chi connectivity index (χ0n) is 12.5. The average Bonchev–Trinajstić information content (AvgIpc) is 3.19. The highest BCUT2D eigenvalue weighted by Gasteiger charge is 2.22. The van der Waals surface area contributed by atoms with E-state index in [-0.39, 0.29) is 24.4 Å². The minimum Gasteiger partial charge on any atom is -0.496 e. The summed E-state index contributed by atoms with van der Waals surface area (Å²) < 4.78 is 10.6. The summed E-state index contributed by atoms with van der Waals surface area (Å²) >= 11 is 0. The number of hydrogen-bond donors (Lipinski definition) is 3. The van der Waals surface area contributed by atoms with Crippen LogP contribution in [0.15, 0.2) is 35.2 Å². The number of carbonyl (C=O) groups excluding carboxylic acids is 2. The molecule has 0 saturated carbocycles. The molecule has 1 aliphatic rings. The van der Waals surface area contributed by atoms with E-state index in [4.69, 9.17) is 9.15 Å². The van der Waals surface area contributed by atoms with Crippen molar-refractivity contribution in [3.63, 3.8) is 0 Å². The summed E-state index contributed by atoms with van der Waals surface area (Å²) in [5.74, 6) is 0.961. The van der Waals surface area contributed by atoms with Gasteiger partial charge in [0.05, 0.1) is 24.9 Å². The van der Waals surface area contributed by atoms with E-state index in [1.54, 1.807) is 31.5 Å². The van der Waals surface area contributed by atoms with Gasteiger partial charge in [0.2, 0.25) is 5.91 Å². The minimum absolute atomic E-state index is 0.187. The summed E-state index contributed by atoms with van der Waals surface area (Å²) in [5.41, 5.74) is 1.35. The maximum absolute atomic E-state index is 12.0. The molecule has 1 saturated heterocycles. The minimum atomic E-state index is -0.249. The highest BCUT2D eigenvalue weighted by Crippen LogP contribution is 2.32. The third-order valence-electron chi connectivity index (χ3n) is 3.46. The average molecular weight is 316 g/mol. The van der Waals surface area contributed by atoms with Crippen LogP contribution in [0.2, 0.25) is 0 Å². The Bertz CT molecular complexity index is 714. The van der Waals surface area contributed by atoms with Gasteiger partial charge in [0.25, 0.3) is 0 Å². The van der Waals surface area contributed by atoms with Crippen molar-refractivity contribution >= 4 is 17.6 Å². The van der Waals surface area contributed by atoms with Crippen molar-refractivity contribution in [3.8, 4) is 17.1 Å². The second-order valence-electron chi connectivity index (χ2n) is 5.08. The lowest BCUT2D eigenvalue weighted by Crippen LogP contribution is -2.30. The lowest BCUT2D eigenvalue weighted by atomic mass is 10.1. The third-order valence-corrected chi connectivity index (χ3v) is 3.46. The van der Waals surface area contributed by atoms with Gasteiger partial charge in [-0.05, 0) is 12.1 Å². The molecule has 0 radical (unpaired) electrons. The number of methoxy groups -OCH3 is 1. The first kappa shape index (κ1) is 14.9. The van der Waals surface area contributed by atoms with Gasteiger partial charge in [-0.15, -0.1) is 0 Å². The van der Waals surface area contributed by atoms with Crippen LogP contribution in [0.3, 0.4) is 0 Å². The lowest BCUT2D eigenvalue weighted by molar-refractivity contribution is -0.116. The van der Waals surface area contributed by atoms with Gasteiger partial charge in [0.15, 0.2) is 12.2 Å². The molecule has 1 aromatic carbocycles. The number of carbonyl (C=O) groups is 2. The summed E-state index contributed by atoms with van der Waals surface area (Å²) in [4.78, 5) is 26.9. The summed E-state index contributed by atoms with van der Waals surface area (Å²) in [6.07, 6.45) is 3.13. The molecule has 1 atom stereocenters. The molecule has 1 aliphatic heterocycles. The largest absolute Gasteiger partial charge is 0.496 e. The topological polar surface area (TPSA) is 105 Å². The van der Waals surface area contributed by atoms with Crippen LogP contribution < -0.4 is 20.7 Å². The molecule has 0 bridgehead atoms. The zero-order chi connectivity index (χ0) is 16.2. The fourth-order valence-corrected chi connectivity index (χ4v) is 2.38. The number of amides is 3. The predicted molar refractivity (Wildman–Crippen MR) is 82.1 cm³/mol. The first-order valence-corrected chi connectivity index (χ1v) is 7.07. The molecule has 2 aromatic rings. The molecule has 0 aliphatic carbocycles. The van der Waals surface area contributed by atoms with E-state index in [0.717, 1.165) is 5.56 Å². The smallest absolute Gasteiger partial charge is 0.315 e. The second-order valence-corrected chi connectivity index (χ2v) is 5.08. The number of urea groups is 1. The maximum Gasteiger partial charge on any atom is 0.315 e. The molecule has 2 heterocycles. The van der Waals surface area contributed by atoms with Crippen molar-refractivity contribution in [1.82, 2.24) is 15.6 Å². The van der Waals surface area contributed by atoms with Crippen LogP contribution in [0.4, 0.5) is 10.5 Å². The monoisotopic (exact) mass is 316 g/mol. The molecular formula is C15H16N4O4. The number of nitrogens with one attached hydrogen (secondary N) is 3. The Kier molecular flexibility index (Phi) is 4.13. The quantitative estimate of drug-likeness (QED) is 0.772. The van der Waals surface area contributed by atoms with Gasteiger partial charge < -0.3 is 25.1 Å². The van der Waals surface area contributed by atoms with Gasteiger partial charge in [-0.2, -0.15) is 0 Å². The summed E-state index contributed by atoms with van der Waals surface area (Å²) in [7, 11) is 1.54. The number of nitrogens with zero attached hydrogens (tertiary/aromatic N) is 1. The standard InChI is InChI=1S/C15H16N4O4/c1-22-12-4-9(2-3-11(12)13-7-16-8-23-13)18-14(20)5-10-6-17-15(21)19-10/h2-4,7-8,10H,5-6H2,1H3,(H,18,20)(H2,17,19,21). The fourth-order valence-electron chi connectivity index (χ4n) is 2.38. The SMILES string of the molecule is COc1cc(NC(=O)CC2CNC(=O)N2)ccc1-c1cnco1. The van der Waals surface area contributed by atoms with Crippen molar-refractivity contribution in [1.29, 1.82) is 0 Å². The van der Waals surface area contributed by atoms with Crippen molar-refractivity contribution in [3.05, 3.63) is 30.8 Å². The number of hydrogen-bond acceptors (Lipinski definition) is 5. The van der Waals surface area contributed by atoms with E-state index < -0.39 is 0 Å². The maximum atomic E-state index is 12.0. The first-order chi connectivity index (χ1) is 11.2. The molecule has 8 heteroatoms. The van der Waals surface area contributed by atoms with E-state index in [2.05, 4.69) is 20.9 Å². The van der Waals surface area contributed by atoms with Gasteiger partial charge >= 0.3 is 6.03 Å². The molecule has 3 N–H and O–H groups in total. The first-order valence-electron chi connectivity index (χ1n) is 7.07. The number of rotatable bonds is 5. The highest BCUT2D eigenvalue weighted by molar-refractivity contribution is 5.92. The van der Waals surface area contributed by atoms with Gasteiger partial charge in [-0.3, -0.25) is 4.79 Å². The number of benzene rings is 1. The normalized spacial score (nSPS) is 16.6. The van der Waals surface area contributed by atoms with Crippen molar-refractivity contribution in [2.75, 3.05) is 19.0 Å². The lowest BCUT2D eigenvalue weighted by Gasteiger charge is -2.12. The van der Waals surface area contributed by atoms with E-state index in [1.165, 1.54) is 6.39 Å². The van der Waals surface area contributed by atoms with Crippen molar-refractivity contribution in [2.45, 2.75) is 12.5 Å². The predicted octanol–water partition coefficient (Wildman–Crippen LogP) is 1.36. The Morgan fingerprint density at radius 1 is 1.52 bits per heavy atom. The second kappa shape index (κ2) is 6.39. The van der Waals surface area contributed by atoms with Crippen LogP contribution in [0.1, 0.15) is 6.42 Å². The molecule has 1 fully saturated rings. The summed E-state index contributed by atoms with van der Waals surface area (Å²) in [6, 6.07) is 4.80. The third kappa shape index (κ3) is 3.42. The van der Waals surface area contributed by atoms with Crippen molar-refractivity contribution < 1.29 is 18.7 Å². The molecule has 8 nitrogen and oxygen atoms in total. The van der Waals surface area contributed by atoms with E-state index in [9.17, 15) is 9.59 Å². The Morgan fingerprint density at radius 2 is 2.39 bits per heavy atom. The molecule has 3 rings (SSSR count). The Hall–Kier alpha value is -3.03. The van der Waals surface area contributed by atoms with Crippen LogP contribution in [0, 0.1) is 0 Å². The number of ether oxygens (including phenoxy) is 1.